The molecule has 29 heavy (non-hydrogen) atoms. The van der Waals surface area contributed by atoms with Gasteiger partial charge in [0.1, 0.15) is 0 Å². The van der Waals surface area contributed by atoms with Crippen LogP contribution in [0, 0.1) is 0 Å². The van der Waals surface area contributed by atoms with Crippen molar-refractivity contribution in [2.75, 3.05) is 0 Å². The molecule has 0 saturated heterocycles. The molecular weight excluding hydrogens is 410 g/mol. The van der Waals surface area contributed by atoms with E-state index in [9.17, 15) is 0 Å². The van der Waals surface area contributed by atoms with Crippen molar-refractivity contribution in [2.45, 2.75) is 0 Å². The fraction of sp³-hybridized carbons (Fsp3) is 0. The zero-order valence-electron chi connectivity index (χ0n) is 15.7. The van der Waals surface area contributed by atoms with E-state index in [0.717, 1.165) is 43.6 Å². The van der Waals surface area contributed by atoms with Gasteiger partial charge in [0.25, 0.3) is 0 Å². The number of pyridine rings is 4. The number of benzene rings is 2. The molecule has 134 valence electrons. The summed E-state index contributed by atoms with van der Waals surface area (Å²) in [5.41, 5.74) is 4.05. The first-order chi connectivity index (χ1) is 13.9. The summed E-state index contributed by atoms with van der Waals surface area (Å²) in [6.07, 6.45) is 7.23. The third kappa shape index (κ3) is 3.69. The van der Waals surface area contributed by atoms with E-state index in [1.54, 1.807) is 12.4 Å². The Morgan fingerprint density at radius 2 is 0.828 bits per heavy atom. The molecule has 6 rings (SSSR count). The van der Waals surface area contributed by atoms with E-state index in [1.807, 2.05) is 48.8 Å². The molecule has 4 heterocycles. The number of aromatic nitrogens is 4. The second-order valence-corrected chi connectivity index (χ2v) is 6.42. The first kappa shape index (κ1) is 19.0. The van der Waals surface area contributed by atoms with Crippen LogP contribution in [0.15, 0.2) is 97.6 Å². The fourth-order valence-corrected chi connectivity index (χ4v) is 3.39. The molecule has 0 aliphatic heterocycles. The first-order valence-corrected chi connectivity index (χ1v) is 9.07. The van der Waals surface area contributed by atoms with Crippen molar-refractivity contribution in [3.8, 4) is 0 Å². The summed E-state index contributed by atoms with van der Waals surface area (Å²) in [5.74, 6) is 0. The van der Waals surface area contributed by atoms with Crippen LogP contribution < -0.4 is 0 Å². The summed E-state index contributed by atoms with van der Waals surface area (Å²) < 4.78 is 0. The third-order valence-electron chi connectivity index (χ3n) is 4.71. The standard InChI is InChI=1S/2C12H8N2.Zn/c2*1-3-9-5-6-11-10(4-2-7-13-11)12(9)14-8-1;/h2*1-8H;. The molecule has 4 aromatic heterocycles. The van der Waals surface area contributed by atoms with Gasteiger partial charge in [0.15, 0.2) is 0 Å². The average Bonchev–Trinajstić information content (AvgIpc) is 2.79. The zero-order chi connectivity index (χ0) is 18.8. The van der Waals surface area contributed by atoms with E-state index < -0.39 is 0 Å². The zero-order valence-corrected chi connectivity index (χ0v) is 18.7. The van der Waals surface area contributed by atoms with Crippen molar-refractivity contribution >= 4 is 43.6 Å². The summed E-state index contributed by atoms with van der Waals surface area (Å²) in [6, 6.07) is 24.2. The summed E-state index contributed by atoms with van der Waals surface area (Å²) in [7, 11) is 0. The van der Waals surface area contributed by atoms with E-state index in [2.05, 4.69) is 56.3 Å². The van der Waals surface area contributed by atoms with Crippen LogP contribution in [0.1, 0.15) is 0 Å². The van der Waals surface area contributed by atoms with Crippen LogP contribution in [0.25, 0.3) is 43.6 Å². The van der Waals surface area contributed by atoms with Gasteiger partial charge < -0.3 is 0 Å². The Hall–Kier alpha value is -3.30. The quantitative estimate of drug-likeness (QED) is 0.236. The number of nitrogens with zero attached hydrogens (tertiary/aromatic N) is 4. The number of hydrogen-bond acceptors (Lipinski definition) is 4. The largest absolute Gasteiger partial charge is 0.256 e. The molecule has 2 aromatic carbocycles. The van der Waals surface area contributed by atoms with Gasteiger partial charge in [0.05, 0.1) is 22.1 Å². The molecule has 5 heteroatoms. The summed E-state index contributed by atoms with van der Waals surface area (Å²) >= 11 is 0. The minimum absolute atomic E-state index is 0. The second kappa shape index (κ2) is 8.38. The van der Waals surface area contributed by atoms with Crippen LogP contribution in [0.2, 0.25) is 0 Å². The Bertz CT molecular complexity index is 1210. The molecule has 0 aliphatic rings. The van der Waals surface area contributed by atoms with Gasteiger partial charge in [-0.15, -0.1) is 0 Å². The van der Waals surface area contributed by atoms with Crippen LogP contribution in [0.4, 0.5) is 0 Å². The van der Waals surface area contributed by atoms with Crippen molar-refractivity contribution in [1.82, 2.24) is 19.9 Å². The normalized spacial score (nSPS) is 10.5. The minimum Gasteiger partial charge on any atom is -0.256 e. The van der Waals surface area contributed by atoms with Gasteiger partial charge in [-0.2, -0.15) is 0 Å². The minimum atomic E-state index is 0. The molecule has 0 amide bonds. The number of rotatable bonds is 0. The molecule has 0 fully saturated rings. The third-order valence-corrected chi connectivity index (χ3v) is 4.71. The molecule has 0 spiro atoms. The Kier molecular flexibility index (Phi) is 5.50. The predicted molar refractivity (Wildman–Crippen MR) is 114 cm³/mol. The van der Waals surface area contributed by atoms with Crippen molar-refractivity contribution in [2.24, 2.45) is 0 Å². The molecule has 4 nitrogen and oxygen atoms in total. The number of fused-ring (bicyclic) bond motifs is 6. The van der Waals surface area contributed by atoms with Gasteiger partial charge in [-0.1, -0.05) is 24.3 Å². The maximum Gasteiger partial charge on any atom is 0.0795 e. The second-order valence-electron chi connectivity index (χ2n) is 6.42. The van der Waals surface area contributed by atoms with Gasteiger partial charge in [-0.05, 0) is 48.5 Å². The molecule has 0 N–H and O–H groups in total. The Balaban J connectivity index is 0.000000137. The first-order valence-electron chi connectivity index (χ1n) is 9.07. The maximum atomic E-state index is 4.37. The Morgan fingerprint density at radius 1 is 0.414 bits per heavy atom. The molecule has 0 bridgehead atoms. The Morgan fingerprint density at radius 3 is 1.31 bits per heavy atom. The number of hydrogen-bond donors (Lipinski definition) is 0. The van der Waals surface area contributed by atoms with Gasteiger partial charge in [0, 0.05) is 65.8 Å². The topological polar surface area (TPSA) is 51.6 Å². The molecular formula is C24H16N4Zn. The monoisotopic (exact) mass is 424 g/mol. The van der Waals surface area contributed by atoms with Crippen molar-refractivity contribution < 1.29 is 19.5 Å². The van der Waals surface area contributed by atoms with Crippen LogP contribution in [0.3, 0.4) is 0 Å². The van der Waals surface area contributed by atoms with E-state index in [-0.39, 0.29) is 19.5 Å². The van der Waals surface area contributed by atoms with Crippen LogP contribution in [0.5, 0.6) is 0 Å². The van der Waals surface area contributed by atoms with Crippen molar-refractivity contribution in [1.29, 1.82) is 0 Å². The van der Waals surface area contributed by atoms with Crippen molar-refractivity contribution in [3.63, 3.8) is 0 Å². The SMILES string of the molecule is [Zn].c1cnc2c(c1)ccc1ncccc12.c1cnc2c(c1)ccc1ncccc12. The molecule has 0 atom stereocenters. The Labute approximate surface area is 180 Å². The molecule has 6 aromatic rings. The van der Waals surface area contributed by atoms with Gasteiger partial charge in [0.2, 0.25) is 0 Å². The molecule has 0 aliphatic carbocycles. The van der Waals surface area contributed by atoms with E-state index in [4.69, 9.17) is 0 Å². The average molecular weight is 426 g/mol. The predicted octanol–water partition coefficient (Wildman–Crippen LogP) is 5.56. The van der Waals surface area contributed by atoms with Crippen LogP contribution in [-0.2, 0) is 19.5 Å². The maximum absolute atomic E-state index is 4.37. The molecule has 0 radical (unpaired) electrons. The molecule has 0 saturated carbocycles. The molecule has 0 unspecified atom stereocenters. The van der Waals surface area contributed by atoms with Crippen LogP contribution >= 0.6 is 0 Å². The van der Waals surface area contributed by atoms with Crippen molar-refractivity contribution in [3.05, 3.63) is 97.6 Å². The summed E-state index contributed by atoms with van der Waals surface area (Å²) in [6.45, 7) is 0. The van der Waals surface area contributed by atoms with Gasteiger partial charge in [-0.3, -0.25) is 19.9 Å². The van der Waals surface area contributed by atoms with Crippen LogP contribution in [-0.4, -0.2) is 19.9 Å². The smallest absolute Gasteiger partial charge is 0.0795 e. The fourth-order valence-electron chi connectivity index (χ4n) is 3.39. The summed E-state index contributed by atoms with van der Waals surface area (Å²) in [5, 5.41) is 4.55. The van der Waals surface area contributed by atoms with E-state index >= 15 is 0 Å². The summed E-state index contributed by atoms with van der Waals surface area (Å²) in [4.78, 5) is 17.3. The van der Waals surface area contributed by atoms with Gasteiger partial charge >= 0.3 is 0 Å². The van der Waals surface area contributed by atoms with E-state index in [0.29, 0.717) is 0 Å². The van der Waals surface area contributed by atoms with Gasteiger partial charge in [-0.25, -0.2) is 0 Å². The van der Waals surface area contributed by atoms with E-state index in [1.165, 1.54) is 0 Å².